The normalized spacial score (nSPS) is 16.5. The van der Waals surface area contributed by atoms with Crippen LogP contribution in [0.3, 0.4) is 0 Å². The molecule has 0 unspecified atom stereocenters. The summed E-state index contributed by atoms with van der Waals surface area (Å²) in [7, 11) is 0. The quantitative estimate of drug-likeness (QED) is 0.672. The highest BCUT2D eigenvalue weighted by atomic mass is 16.6. The summed E-state index contributed by atoms with van der Waals surface area (Å²) < 4.78 is 5.43. The smallest absolute Gasteiger partial charge is 0.408 e. The van der Waals surface area contributed by atoms with Gasteiger partial charge in [0, 0.05) is 17.7 Å². The molecule has 0 atom stereocenters. The zero-order valence-corrected chi connectivity index (χ0v) is 17.0. The first-order valence-corrected chi connectivity index (χ1v) is 9.79. The second kappa shape index (κ2) is 9.08. The lowest BCUT2D eigenvalue weighted by molar-refractivity contribution is 0.0437. The molecule has 0 heterocycles. The molecule has 0 aromatic heterocycles. The largest absolute Gasteiger partial charge is 0.444 e. The van der Waals surface area contributed by atoms with Crippen LogP contribution in [0.4, 0.5) is 4.79 Å². The molecule has 0 aliphatic heterocycles. The van der Waals surface area contributed by atoms with Crippen molar-refractivity contribution in [3.8, 4) is 0 Å². The molecule has 0 saturated heterocycles. The van der Waals surface area contributed by atoms with Crippen LogP contribution in [0.15, 0.2) is 24.3 Å². The third kappa shape index (κ3) is 6.55. The third-order valence-corrected chi connectivity index (χ3v) is 4.85. The Hall–Kier alpha value is -2.57. The molecule has 1 aromatic carbocycles. The van der Waals surface area contributed by atoms with Crippen molar-refractivity contribution in [1.82, 2.24) is 10.6 Å². The highest BCUT2D eigenvalue weighted by Crippen LogP contribution is 2.27. The third-order valence-electron chi connectivity index (χ3n) is 4.85. The second-order valence-corrected chi connectivity index (χ2v) is 8.45. The van der Waals surface area contributed by atoms with Crippen LogP contribution < -0.4 is 16.4 Å². The molecule has 1 saturated carbocycles. The summed E-state index contributed by atoms with van der Waals surface area (Å²) in [6.45, 7) is 5.79. The van der Waals surface area contributed by atoms with Gasteiger partial charge in [-0.2, -0.15) is 0 Å². The van der Waals surface area contributed by atoms with Crippen LogP contribution in [-0.2, 0) is 4.74 Å². The lowest BCUT2D eigenvalue weighted by atomic mass is 9.90. The van der Waals surface area contributed by atoms with Crippen LogP contribution in [0.5, 0.6) is 0 Å². The minimum atomic E-state index is -0.582. The van der Waals surface area contributed by atoms with Gasteiger partial charge in [0.05, 0.1) is 5.54 Å². The van der Waals surface area contributed by atoms with Gasteiger partial charge in [-0.05, 0) is 57.9 Å². The molecule has 0 bridgehead atoms. The van der Waals surface area contributed by atoms with E-state index in [1.54, 1.807) is 12.1 Å². The Labute approximate surface area is 166 Å². The molecular weight excluding hydrogens is 358 g/mol. The lowest BCUT2D eigenvalue weighted by Gasteiger charge is -2.35. The summed E-state index contributed by atoms with van der Waals surface area (Å²) >= 11 is 0. The van der Waals surface area contributed by atoms with E-state index in [4.69, 9.17) is 10.5 Å². The first kappa shape index (κ1) is 21.7. The van der Waals surface area contributed by atoms with Crippen LogP contribution in [0.25, 0.3) is 0 Å². The van der Waals surface area contributed by atoms with Gasteiger partial charge < -0.3 is 21.1 Å². The van der Waals surface area contributed by atoms with Crippen molar-refractivity contribution >= 4 is 17.9 Å². The predicted octanol–water partition coefficient (Wildman–Crippen LogP) is 3.13. The molecule has 4 N–H and O–H groups in total. The number of carbonyl (C=O) groups excluding carboxylic acids is 3. The molecule has 0 radical (unpaired) electrons. The topological polar surface area (TPSA) is 111 Å². The van der Waals surface area contributed by atoms with E-state index in [-0.39, 0.29) is 5.91 Å². The number of primary amides is 1. The van der Waals surface area contributed by atoms with Gasteiger partial charge >= 0.3 is 6.09 Å². The van der Waals surface area contributed by atoms with Crippen molar-refractivity contribution in [1.29, 1.82) is 0 Å². The van der Waals surface area contributed by atoms with E-state index in [0.29, 0.717) is 17.7 Å². The summed E-state index contributed by atoms with van der Waals surface area (Å²) in [5, 5.41) is 5.95. The summed E-state index contributed by atoms with van der Waals surface area (Å²) in [5.74, 6) is -0.795. The number of benzene rings is 1. The fraction of sp³-hybridized carbons (Fsp3) is 0.571. The maximum absolute atomic E-state index is 12.5. The van der Waals surface area contributed by atoms with Gasteiger partial charge in [0.15, 0.2) is 0 Å². The Morgan fingerprint density at radius 3 is 2.04 bits per heavy atom. The van der Waals surface area contributed by atoms with Crippen molar-refractivity contribution in [2.45, 2.75) is 70.4 Å². The van der Waals surface area contributed by atoms with Gasteiger partial charge in [-0.15, -0.1) is 0 Å². The maximum atomic E-state index is 12.5. The molecule has 7 nitrogen and oxygen atoms in total. The van der Waals surface area contributed by atoms with E-state index in [1.165, 1.54) is 12.1 Å². The van der Waals surface area contributed by atoms with Gasteiger partial charge in [-0.25, -0.2) is 4.79 Å². The molecule has 7 heteroatoms. The summed E-state index contributed by atoms with van der Waals surface area (Å²) in [5.41, 5.74) is 4.91. The number of nitrogens with two attached hydrogens (primary N) is 1. The molecule has 3 amide bonds. The Bertz CT molecular complexity index is 699. The van der Waals surface area contributed by atoms with Crippen LogP contribution in [0.2, 0.25) is 0 Å². The van der Waals surface area contributed by atoms with Crippen molar-refractivity contribution in [3.05, 3.63) is 35.4 Å². The average Bonchev–Trinajstić information content (AvgIpc) is 2.84. The number of ether oxygens (including phenoxy) is 1. The zero-order valence-electron chi connectivity index (χ0n) is 17.0. The van der Waals surface area contributed by atoms with Crippen molar-refractivity contribution in [2.24, 2.45) is 5.73 Å². The SMILES string of the molecule is CC(C)(C)OC(=O)NC1(CNC(=O)c2ccc(C(N)=O)cc2)CCCCCC1. The van der Waals surface area contributed by atoms with E-state index >= 15 is 0 Å². The lowest BCUT2D eigenvalue weighted by Crippen LogP contribution is -2.56. The Morgan fingerprint density at radius 2 is 1.54 bits per heavy atom. The molecule has 28 heavy (non-hydrogen) atoms. The Balaban J connectivity index is 2.06. The van der Waals surface area contributed by atoms with Gasteiger partial charge in [0.1, 0.15) is 5.60 Å². The fourth-order valence-corrected chi connectivity index (χ4v) is 3.41. The zero-order chi connectivity index (χ0) is 20.8. The fourth-order valence-electron chi connectivity index (χ4n) is 3.41. The summed E-state index contributed by atoms with van der Waals surface area (Å²) in [4.78, 5) is 36.1. The number of hydrogen-bond donors (Lipinski definition) is 3. The minimum Gasteiger partial charge on any atom is -0.444 e. The molecule has 1 aliphatic rings. The van der Waals surface area contributed by atoms with Gasteiger partial charge in [-0.1, -0.05) is 25.7 Å². The van der Waals surface area contributed by atoms with E-state index in [0.717, 1.165) is 38.5 Å². The van der Waals surface area contributed by atoms with E-state index in [2.05, 4.69) is 10.6 Å². The summed E-state index contributed by atoms with van der Waals surface area (Å²) in [6.07, 6.45) is 5.30. The second-order valence-electron chi connectivity index (χ2n) is 8.45. The molecule has 1 aliphatic carbocycles. The maximum Gasteiger partial charge on any atom is 0.408 e. The number of alkyl carbamates (subject to hydrolysis) is 1. The van der Waals surface area contributed by atoms with Crippen molar-refractivity contribution in [2.75, 3.05) is 6.54 Å². The highest BCUT2D eigenvalue weighted by molar-refractivity contribution is 5.97. The van der Waals surface area contributed by atoms with Crippen molar-refractivity contribution < 1.29 is 19.1 Å². The Kier molecular flexibility index (Phi) is 7.05. The number of hydrogen-bond acceptors (Lipinski definition) is 4. The number of rotatable bonds is 5. The van der Waals surface area contributed by atoms with Crippen molar-refractivity contribution in [3.63, 3.8) is 0 Å². The molecular formula is C21H31N3O4. The van der Waals surface area contributed by atoms with Crippen LogP contribution in [0.1, 0.15) is 80.0 Å². The van der Waals surface area contributed by atoms with Crippen LogP contribution in [-0.4, -0.2) is 35.6 Å². The average molecular weight is 389 g/mol. The van der Waals surface area contributed by atoms with E-state index < -0.39 is 23.1 Å². The van der Waals surface area contributed by atoms with Gasteiger partial charge in [-0.3, -0.25) is 9.59 Å². The van der Waals surface area contributed by atoms with E-state index in [1.807, 2.05) is 20.8 Å². The molecule has 2 rings (SSSR count). The Morgan fingerprint density at radius 1 is 1.00 bits per heavy atom. The van der Waals surface area contributed by atoms with Crippen LogP contribution in [0, 0.1) is 0 Å². The van der Waals surface area contributed by atoms with Gasteiger partial charge in [0.2, 0.25) is 5.91 Å². The summed E-state index contributed by atoms with van der Waals surface area (Å²) in [6, 6.07) is 6.18. The number of nitrogens with one attached hydrogen (secondary N) is 2. The highest BCUT2D eigenvalue weighted by Gasteiger charge is 2.34. The minimum absolute atomic E-state index is 0.259. The molecule has 1 fully saturated rings. The molecule has 154 valence electrons. The van der Waals surface area contributed by atoms with E-state index in [9.17, 15) is 14.4 Å². The first-order chi connectivity index (χ1) is 13.1. The first-order valence-electron chi connectivity index (χ1n) is 9.79. The predicted molar refractivity (Wildman–Crippen MR) is 107 cm³/mol. The number of amides is 3. The monoisotopic (exact) mass is 389 g/mol. The van der Waals surface area contributed by atoms with Crippen LogP contribution >= 0.6 is 0 Å². The van der Waals surface area contributed by atoms with Gasteiger partial charge in [0.25, 0.3) is 5.91 Å². The number of carbonyl (C=O) groups is 3. The molecule has 1 aromatic rings. The molecule has 0 spiro atoms. The standard InChI is InChI=1S/C21H31N3O4/c1-20(2,3)28-19(27)24-21(12-6-4-5-7-13-21)14-23-18(26)16-10-8-15(9-11-16)17(22)25/h8-11H,4-7,12-14H2,1-3H3,(H2,22,25)(H,23,26)(H,24,27).